The first-order valence-electron chi connectivity index (χ1n) is 11.4. The zero-order chi connectivity index (χ0) is 27.6. The zero-order valence-electron chi connectivity index (χ0n) is 20.3. The average molecular weight is 556 g/mol. The van der Waals surface area contributed by atoms with Gasteiger partial charge >= 0.3 is 6.18 Å². The molecule has 11 nitrogen and oxygen atoms in total. The number of benzene rings is 1. The van der Waals surface area contributed by atoms with Crippen LogP contribution in [-0.4, -0.2) is 62.1 Å². The maximum atomic E-state index is 13.0. The third-order valence-electron chi connectivity index (χ3n) is 5.47. The number of hydrogen-bond donors (Lipinski definition) is 2. The summed E-state index contributed by atoms with van der Waals surface area (Å²) in [5, 5.41) is 9.31. The van der Waals surface area contributed by atoms with Gasteiger partial charge in [-0.25, -0.2) is 33.0 Å². The third kappa shape index (κ3) is 6.26. The second kappa shape index (κ2) is 10.2. The Labute approximate surface area is 220 Å². The fourth-order valence-electron chi connectivity index (χ4n) is 3.61. The van der Waals surface area contributed by atoms with Gasteiger partial charge in [0.1, 0.15) is 24.7 Å². The van der Waals surface area contributed by atoms with Gasteiger partial charge in [-0.2, -0.15) is 23.3 Å². The number of fused-ring (bicyclic) bond motifs is 1. The number of hydrogen-bond acceptors (Lipinski definition) is 10. The summed E-state index contributed by atoms with van der Waals surface area (Å²) in [5.41, 5.74) is 1.99. The molecule has 5 aromatic rings. The monoisotopic (exact) mass is 555 g/mol. The molecule has 0 aliphatic rings. The molecule has 4 aromatic heterocycles. The van der Waals surface area contributed by atoms with E-state index < -0.39 is 22.6 Å². The van der Waals surface area contributed by atoms with Crippen LogP contribution in [0, 0.1) is 0 Å². The molecule has 2 N–H and O–H groups in total. The molecule has 0 atom stereocenters. The van der Waals surface area contributed by atoms with E-state index >= 15 is 0 Å². The Hall–Kier alpha value is -4.66. The van der Waals surface area contributed by atoms with Crippen LogP contribution in [-0.2, 0) is 16.4 Å². The summed E-state index contributed by atoms with van der Waals surface area (Å²) in [6, 6.07) is 12.9. The molecular formula is C24H20F3N9O2S. The molecule has 0 saturated heterocycles. The van der Waals surface area contributed by atoms with Gasteiger partial charge in [-0.1, -0.05) is 18.2 Å². The lowest BCUT2D eigenvalue weighted by Crippen LogP contribution is -2.22. The van der Waals surface area contributed by atoms with Crippen molar-refractivity contribution in [3.8, 4) is 17.1 Å². The minimum absolute atomic E-state index is 0.0844. The molecular weight excluding hydrogens is 535 g/mol. The minimum Gasteiger partial charge on any atom is -0.359 e. The van der Waals surface area contributed by atoms with Crippen LogP contribution in [0.3, 0.4) is 0 Å². The normalized spacial score (nSPS) is 12.0. The van der Waals surface area contributed by atoms with E-state index in [1.807, 2.05) is 0 Å². The van der Waals surface area contributed by atoms with Crippen molar-refractivity contribution in [1.29, 1.82) is 0 Å². The number of anilines is 2. The number of pyridine rings is 2. The first kappa shape index (κ1) is 26.0. The van der Waals surface area contributed by atoms with Gasteiger partial charge in [-0.3, -0.25) is 0 Å². The lowest BCUT2D eigenvalue weighted by Gasteiger charge is -2.14. The van der Waals surface area contributed by atoms with E-state index in [0.717, 1.165) is 11.8 Å². The van der Waals surface area contributed by atoms with Crippen molar-refractivity contribution < 1.29 is 21.6 Å². The Balaban J connectivity index is 1.45. The number of nitrogens with zero attached hydrogens (tertiary/aromatic N) is 7. The summed E-state index contributed by atoms with van der Waals surface area (Å²) in [5.74, 6) is 0.530. The van der Waals surface area contributed by atoms with Crippen LogP contribution in [0.15, 0.2) is 72.3 Å². The summed E-state index contributed by atoms with van der Waals surface area (Å²) in [6.45, 7) is -1.08. The van der Waals surface area contributed by atoms with E-state index in [1.54, 1.807) is 42.6 Å². The zero-order valence-corrected chi connectivity index (χ0v) is 21.1. The number of alkyl halides is 3. The first-order chi connectivity index (χ1) is 18.5. The van der Waals surface area contributed by atoms with Crippen molar-refractivity contribution >= 4 is 32.6 Å². The van der Waals surface area contributed by atoms with Crippen molar-refractivity contribution in [3.05, 3.63) is 72.9 Å². The molecule has 0 bridgehead atoms. The van der Waals surface area contributed by atoms with Crippen molar-refractivity contribution in [1.82, 2.24) is 34.7 Å². The van der Waals surface area contributed by atoms with Crippen molar-refractivity contribution in [2.45, 2.75) is 17.6 Å². The highest BCUT2D eigenvalue weighted by Gasteiger charge is 2.27. The van der Waals surface area contributed by atoms with Crippen LogP contribution in [0.4, 0.5) is 24.9 Å². The van der Waals surface area contributed by atoms with E-state index in [9.17, 15) is 21.6 Å². The van der Waals surface area contributed by atoms with Gasteiger partial charge in [0.05, 0.1) is 16.1 Å². The van der Waals surface area contributed by atoms with Gasteiger partial charge in [0.25, 0.3) is 0 Å². The minimum atomic E-state index is -4.50. The summed E-state index contributed by atoms with van der Waals surface area (Å²) < 4.78 is 64.5. The Morgan fingerprint density at radius 1 is 1.00 bits per heavy atom. The molecule has 5 rings (SSSR count). The number of sulfone groups is 1. The highest BCUT2D eigenvalue weighted by molar-refractivity contribution is 7.90. The van der Waals surface area contributed by atoms with E-state index in [4.69, 9.17) is 0 Å². The molecule has 1 aromatic carbocycles. The Morgan fingerprint density at radius 2 is 1.85 bits per heavy atom. The molecule has 0 unspecified atom stereocenters. The van der Waals surface area contributed by atoms with Crippen LogP contribution >= 0.6 is 0 Å². The molecule has 4 heterocycles. The number of aromatic nitrogens is 7. The summed E-state index contributed by atoms with van der Waals surface area (Å²) in [4.78, 5) is 21.4. The molecule has 0 amide bonds. The van der Waals surface area contributed by atoms with Crippen LogP contribution in [0.5, 0.6) is 0 Å². The molecule has 39 heavy (non-hydrogen) atoms. The lowest BCUT2D eigenvalue weighted by molar-refractivity contribution is -0.115. The molecule has 0 aliphatic carbocycles. The first-order valence-corrected chi connectivity index (χ1v) is 13.3. The fraction of sp³-hybridized carbons (Fsp3) is 0.167. The average Bonchev–Trinajstić information content (AvgIpc) is 3.45. The van der Waals surface area contributed by atoms with E-state index in [-0.39, 0.29) is 28.7 Å². The SMILES string of the molecule is CS(=O)(=O)c1cccc(-c2ccc3nc(NCc4ccc(-n5cncn5)nc4)nc(NCC(F)(F)F)c3n2)c1. The van der Waals surface area contributed by atoms with Gasteiger partial charge in [-0.15, -0.1) is 0 Å². The van der Waals surface area contributed by atoms with Gasteiger partial charge in [0.2, 0.25) is 5.95 Å². The van der Waals surface area contributed by atoms with Gasteiger partial charge in [0.15, 0.2) is 21.5 Å². The molecule has 0 aliphatic heterocycles. The van der Waals surface area contributed by atoms with Crippen molar-refractivity contribution in [2.75, 3.05) is 23.4 Å². The number of nitrogens with one attached hydrogen (secondary N) is 2. The topological polar surface area (TPSA) is 140 Å². The Bertz CT molecular complexity index is 1730. The quantitative estimate of drug-likeness (QED) is 0.291. The number of rotatable bonds is 8. The third-order valence-corrected chi connectivity index (χ3v) is 6.58. The summed E-state index contributed by atoms with van der Waals surface area (Å²) >= 11 is 0. The molecule has 0 saturated carbocycles. The van der Waals surface area contributed by atoms with Crippen molar-refractivity contribution in [2.24, 2.45) is 0 Å². The van der Waals surface area contributed by atoms with Crippen LogP contribution in [0.1, 0.15) is 5.56 Å². The maximum absolute atomic E-state index is 13.0. The second-order valence-electron chi connectivity index (χ2n) is 8.45. The van der Waals surface area contributed by atoms with Crippen molar-refractivity contribution in [3.63, 3.8) is 0 Å². The smallest absolute Gasteiger partial charge is 0.359 e. The predicted octanol–water partition coefficient (Wildman–Crippen LogP) is 3.66. The van der Waals surface area contributed by atoms with Crippen LogP contribution in [0.2, 0.25) is 0 Å². The van der Waals surface area contributed by atoms with Crippen LogP contribution in [0.25, 0.3) is 28.1 Å². The lowest BCUT2D eigenvalue weighted by atomic mass is 10.1. The van der Waals surface area contributed by atoms with E-state index in [0.29, 0.717) is 22.6 Å². The van der Waals surface area contributed by atoms with E-state index in [1.165, 1.54) is 29.5 Å². The Morgan fingerprint density at radius 3 is 2.54 bits per heavy atom. The molecule has 0 radical (unpaired) electrons. The largest absolute Gasteiger partial charge is 0.405 e. The summed E-state index contributed by atoms with van der Waals surface area (Å²) in [7, 11) is -3.47. The van der Waals surface area contributed by atoms with Crippen LogP contribution < -0.4 is 10.6 Å². The van der Waals surface area contributed by atoms with E-state index in [2.05, 4.69) is 40.7 Å². The standard InChI is InChI=1S/C24H20F3N9O2S/c1-39(37,38)17-4-2-3-16(9-17)18-6-7-19-21(33-18)22(31-12-24(25,26)27)35-23(34-19)30-11-15-5-8-20(29-10-15)36-14-28-13-32-36/h2-10,13-14H,11-12H2,1H3,(H2,30,31,34,35). The highest BCUT2D eigenvalue weighted by Crippen LogP contribution is 2.27. The fourth-order valence-corrected chi connectivity index (χ4v) is 4.28. The highest BCUT2D eigenvalue weighted by atomic mass is 32.2. The molecule has 15 heteroatoms. The predicted molar refractivity (Wildman–Crippen MR) is 137 cm³/mol. The molecule has 0 spiro atoms. The van der Waals surface area contributed by atoms with Gasteiger partial charge in [0, 0.05) is 24.6 Å². The molecule has 0 fully saturated rings. The van der Waals surface area contributed by atoms with Gasteiger partial charge in [-0.05, 0) is 35.9 Å². The number of halogens is 3. The Kier molecular flexibility index (Phi) is 6.82. The molecule has 200 valence electrons. The maximum Gasteiger partial charge on any atom is 0.405 e. The second-order valence-corrected chi connectivity index (χ2v) is 10.5. The summed E-state index contributed by atoms with van der Waals surface area (Å²) in [6.07, 6.45) is 1.11. The van der Waals surface area contributed by atoms with Gasteiger partial charge < -0.3 is 10.6 Å².